The van der Waals surface area contributed by atoms with E-state index in [1.54, 1.807) is 6.07 Å². The third-order valence-electron chi connectivity index (χ3n) is 3.26. The molecule has 0 bridgehead atoms. The lowest BCUT2D eigenvalue weighted by Gasteiger charge is -2.22. The van der Waals surface area contributed by atoms with Crippen molar-refractivity contribution in [3.05, 3.63) is 27.9 Å². The van der Waals surface area contributed by atoms with E-state index in [4.69, 9.17) is 10.00 Å². The van der Waals surface area contributed by atoms with Crippen LogP contribution in [0.3, 0.4) is 0 Å². The van der Waals surface area contributed by atoms with Gasteiger partial charge in [0.2, 0.25) is 5.82 Å². The molecule has 8 nitrogen and oxygen atoms in total. The SMILES string of the molecule is N#Cc1ccnc(NCCOC2CCNCC2)c1[N+](=O)[O-]. The minimum atomic E-state index is -0.596. The van der Waals surface area contributed by atoms with Crippen LogP contribution < -0.4 is 10.6 Å². The minimum absolute atomic E-state index is 0.00299. The van der Waals surface area contributed by atoms with Gasteiger partial charge in [0, 0.05) is 12.7 Å². The number of anilines is 1. The van der Waals surface area contributed by atoms with Crippen molar-refractivity contribution in [3.8, 4) is 6.07 Å². The van der Waals surface area contributed by atoms with Crippen LogP contribution >= 0.6 is 0 Å². The highest BCUT2D eigenvalue weighted by atomic mass is 16.6. The van der Waals surface area contributed by atoms with Gasteiger partial charge in [-0.25, -0.2) is 4.98 Å². The zero-order valence-corrected chi connectivity index (χ0v) is 11.5. The Kier molecular flexibility index (Phi) is 5.43. The Morgan fingerprint density at radius 3 is 3.00 bits per heavy atom. The number of piperidine rings is 1. The number of rotatable bonds is 6. The summed E-state index contributed by atoms with van der Waals surface area (Å²) in [5.41, 5.74) is -0.293. The van der Waals surface area contributed by atoms with Gasteiger partial charge in [-0.05, 0) is 32.0 Å². The molecule has 0 unspecified atom stereocenters. The topological polar surface area (TPSA) is 113 Å². The van der Waals surface area contributed by atoms with Crippen molar-refractivity contribution < 1.29 is 9.66 Å². The van der Waals surface area contributed by atoms with Crippen LogP contribution in [0, 0.1) is 21.4 Å². The first-order valence-electron chi connectivity index (χ1n) is 6.82. The van der Waals surface area contributed by atoms with Gasteiger partial charge in [0.1, 0.15) is 11.6 Å². The molecule has 0 aromatic carbocycles. The third-order valence-corrected chi connectivity index (χ3v) is 3.26. The monoisotopic (exact) mass is 291 g/mol. The summed E-state index contributed by atoms with van der Waals surface area (Å²) in [7, 11) is 0. The van der Waals surface area contributed by atoms with E-state index >= 15 is 0 Å². The number of nitrogens with zero attached hydrogens (tertiary/aromatic N) is 3. The smallest absolute Gasteiger partial charge is 0.328 e. The van der Waals surface area contributed by atoms with Gasteiger partial charge in [-0.3, -0.25) is 10.1 Å². The van der Waals surface area contributed by atoms with Gasteiger partial charge < -0.3 is 15.4 Å². The van der Waals surface area contributed by atoms with Gasteiger partial charge in [0.05, 0.1) is 17.6 Å². The quantitative estimate of drug-likeness (QED) is 0.457. The molecule has 0 aliphatic carbocycles. The minimum Gasteiger partial charge on any atom is -0.376 e. The van der Waals surface area contributed by atoms with Gasteiger partial charge in [0.15, 0.2) is 0 Å². The predicted octanol–water partition coefficient (Wildman–Crippen LogP) is 1.04. The molecule has 1 aliphatic heterocycles. The summed E-state index contributed by atoms with van der Waals surface area (Å²) in [6.07, 6.45) is 3.56. The van der Waals surface area contributed by atoms with Crippen molar-refractivity contribution in [2.24, 2.45) is 0 Å². The first-order valence-corrected chi connectivity index (χ1v) is 6.82. The largest absolute Gasteiger partial charge is 0.376 e. The van der Waals surface area contributed by atoms with Crippen molar-refractivity contribution in [1.82, 2.24) is 10.3 Å². The Labute approximate surface area is 122 Å². The number of ether oxygens (including phenoxy) is 1. The van der Waals surface area contributed by atoms with E-state index in [2.05, 4.69) is 15.6 Å². The van der Waals surface area contributed by atoms with Crippen molar-refractivity contribution in [2.45, 2.75) is 18.9 Å². The first-order chi connectivity index (χ1) is 10.2. The number of pyridine rings is 1. The average molecular weight is 291 g/mol. The van der Waals surface area contributed by atoms with Crippen LogP contribution in [0.15, 0.2) is 12.3 Å². The van der Waals surface area contributed by atoms with Crippen molar-refractivity contribution in [1.29, 1.82) is 5.26 Å². The van der Waals surface area contributed by atoms with Crippen molar-refractivity contribution in [2.75, 3.05) is 31.6 Å². The molecular formula is C13H17N5O3. The Bertz CT molecular complexity index is 537. The fraction of sp³-hybridized carbons (Fsp3) is 0.538. The lowest BCUT2D eigenvalue weighted by atomic mass is 10.1. The average Bonchev–Trinajstić information content (AvgIpc) is 2.52. The molecule has 1 aromatic rings. The van der Waals surface area contributed by atoms with Crippen LogP contribution in [-0.2, 0) is 4.74 Å². The predicted molar refractivity (Wildman–Crippen MR) is 75.9 cm³/mol. The molecule has 2 N–H and O–H groups in total. The normalized spacial score (nSPS) is 15.4. The van der Waals surface area contributed by atoms with Gasteiger partial charge >= 0.3 is 5.69 Å². The van der Waals surface area contributed by atoms with E-state index in [9.17, 15) is 10.1 Å². The molecule has 2 rings (SSSR count). The Hall–Kier alpha value is -2.24. The first kappa shape index (κ1) is 15.2. The van der Waals surface area contributed by atoms with Gasteiger partial charge in [-0.1, -0.05) is 0 Å². The van der Waals surface area contributed by atoms with Crippen LogP contribution in [0.25, 0.3) is 0 Å². The summed E-state index contributed by atoms with van der Waals surface area (Å²) in [5, 5.41) is 26.0. The third kappa shape index (κ3) is 4.11. The Morgan fingerprint density at radius 1 is 1.57 bits per heavy atom. The molecule has 1 saturated heterocycles. The van der Waals surface area contributed by atoms with E-state index < -0.39 is 4.92 Å². The van der Waals surface area contributed by atoms with Gasteiger partial charge in [-0.2, -0.15) is 5.26 Å². The molecule has 0 radical (unpaired) electrons. The zero-order valence-electron chi connectivity index (χ0n) is 11.5. The van der Waals surface area contributed by atoms with Crippen molar-refractivity contribution in [3.63, 3.8) is 0 Å². The van der Waals surface area contributed by atoms with E-state index in [1.165, 1.54) is 12.3 Å². The van der Waals surface area contributed by atoms with Crippen LogP contribution in [0.4, 0.5) is 11.5 Å². The lowest BCUT2D eigenvalue weighted by molar-refractivity contribution is -0.384. The van der Waals surface area contributed by atoms with E-state index in [-0.39, 0.29) is 23.2 Å². The number of aromatic nitrogens is 1. The molecule has 8 heteroatoms. The highest BCUT2D eigenvalue weighted by Crippen LogP contribution is 2.25. The maximum atomic E-state index is 11.0. The number of nitrogens with one attached hydrogen (secondary N) is 2. The summed E-state index contributed by atoms with van der Waals surface area (Å²) in [4.78, 5) is 14.3. The second kappa shape index (κ2) is 7.52. The fourth-order valence-electron chi connectivity index (χ4n) is 2.22. The highest BCUT2D eigenvalue weighted by molar-refractivity contribution is 5.63. The van der Waals surface area contributed by atoms with Crippen LogP contribution in [0.5, 0.6) is 0 Å². The van der Waals surface area contributed by atoms with E-state index in [1.807, 2.05) is 0 Å². The molecular weight excluding hydrogens is 274 g/mol. The van der Waals surface area contributed by atoms with Crippen molar-refractivity contribution >= 4 is 11.5 Å². The van der Waals surface area contributed by atoms with Crippen LogP contribution in [-0.4, -0.2) is 42.3 Å². The molecule has 112 valence electrons. The Morgan fingerprint density at radius 2 is 2.33 bits per heavy atom. The molecule has 0 amide bonds. The number of hydrogen-bond acceptors (Lipinski definition) is 7. The van der Waals surface area contributed by atoms with Gasteiger partial charge in [0.25, 0.3) is 0 Å². The Balaban J connectivity index is 1.88. The second-order valence-corrected chi connectivity index (χ2v) is 4.67. The molecule has 1 aliphatic rings. The zero-order chi connectivity index (χ0) is 15.1. The van der Waals surface area contributed by atoms with Gasteiger partial charge in [-0.15, -0.1) is 0 Å². The van der Waals surface area contributed by atoms with E-state index in [0.29, 0.717) is 13.2 Å². The second-order valence-electron chi connectivity index (χ2n) is 4.67. The summed E-state index contributed by atoms with van der Waals surface area (Å²) in [6, 6.07) is 3.13. The summed E-state index contributed by atoms with van der Waals surface area (Å²) in [6.45, 7) is 2.76. The number of hydrogen-bond donors (Lipinski definition) is 2. The summed E-state index contributed by atoms with van der Waals surface area (Å²) >= 11 is 0. The maximum absolute atomic E-state index is 11.0. The van der Waals surface area contributed by atoms with Crippen LogP contribution in [0.2, 0.25) is 0 Å². The highest BCUT2D eigenvalue weighted by Gasteiger charge is 2.21. The molecule has 0 saturated carbocycles. The van der Waals surface area contributed by atoms with E-state index in [0.717, 1.165) is 25.9 Å². The molecule has 1 fully saturated rings. The maximum Gasteiger partial charge on any atom is 0.328 e. The number of nitriles is 1. The fourth-order valence-corrected chi connectivity index (χ4v) is 2.22. The molecule has 0 spiro atoms. The number of nitro groups is 1. The molecule has 0 atom stereocenters. The molecule has 2 heterocycles. The molecule has 1 aromatic heterocycles. The van der Waals surface area contributed by atoms with Crippen LogP contribution in [0.1, 0.15) is 18.4 Å². The summed E-state index contributed by atoms with van der Waals surface area (Å²) in [5.74, 6) is 0.105. The summed E-state index contributed by atoms with van der Waals surface area (Å²) < 4.78 is 5.70. The standard InChI is InChI=1S/C13H17N5O3/c14-9-10-1-6-16-13(12(10)18(19)20)17-7-8-21-11-2-4-15-5-3-11/h1,6,11,15H,2-5,7-8H2,(H,16,17). The molecule has 21 heavy (non-hydrogen) atoms. The lowest BCUT2D eigenvalue weighted by Crippen LogP contribution is -2.33.